The van der Waals surface area contributed by atoms with E-state index in [4.69, 9.17) is 11.6 Å². The molecule has 2 heteroatoms. The minimum absolute atomic E-state index is 0.161. The van der Waals surface area contributed by atoms with Gasteiger partial charge in [-0.15, -0.1) is 11.6 Å². The van der Waals surface area contributed by atoms with Gasteiger partial charge in [-0.1, -0.05) is 12.1 Å². The van der Waals surface area contributed by atoms with Crippen LogP contribution in [0, 0.1) is 29.0 Å². The Labute approximate surface area is 132 Å². The van der Waals surface area contributed by atoms with E-state index in [2.05, 4.69) is 0 Å². The lowest BCUT2D eigenvalue weighted by atomic mass is 9.48. The first-order valence-corrected chi connectivity index (χ1v) is 8.92. The molecule has 21 heavy (non-hydrogen) atoms. The number of rotatable bonds is 4. The quantitative estimate of drug-likeness (QED) is 0.637. The van der Waals surface area contributed by atoms with Crippen molar-refractivity contribution >= 4 is 11.6 Å². The zero-order valence-electron chi connectivity index (χ0n) is 12.5. The normalized spacial score (nSPS) is 38.7. The van der Waals surface area contributed by atoms with E-state index in [0.29, 0.717) is 5.41 Å². The van der Waals surface area contributed by atoms with Crippen LogP contribution in [0.4, 0.5) is 4.39 Å². The van der Waals surface area contributed by atoms with Crippen molar-refractivity contribution in [3.8, 4) is 0 Å². The first-order chi connectivity index (χ1) is 10.1. The molecule has 0 nitrogen and oxygen atoms in total. The standard InChI is InChI=1S/C19H24ClF/c20-17(8-13-1-3-18(21)4-2-13)12-19-9-14-5-15(10-19)7-16(6-14)11-19/h1-4,14-17H,5-12H2. The average Bonchev–Trinajstić information content (AvgIpc) is 2.39. The molecule has 0 radical (unpaired) electrons. The van der Waals surface area contributed by atoms with Crippen LogP contribution in [-0.4, -0.2) is 5.38 Å². The van der Waals surface area contributed by atoms with E-state index in [9.17, 15) is 4.39 Å². The molecule has 0 aromatic heterocycles. The summed E-state index contributed by atoms with van der Waals surface area (Å²) in [5, 5.41) is 0.201. The number of halogens is 2. The lowest BCUT2D eigenvalue weighted by molar-refractivity contribution is -0.0574. The van der Waals surface area contributed by atoms with Crippen molar-refractivity contribution in [2.24, 2.45) is 23.2 Å². The van der Waals surface area contributed by atoms with Crippen LogP contribution in [0.15, 0.2) is 24.3 Å². The fourth-order valence-electron chi connectivity index (χ4n) is 5.96. The maximum Gasteiger partial charge on any atom is 0.123 e. The van der Waals surface area contributed by atoms with Gasteiger partial charge in [0.15, 0.2) is 0 Å². The number of benzene rings is 1. The average molecular weight is 307 g/mol. The van der Waals surface area contributed by atoms with Crippen LogP contribution in [0.25, 0.3) is 0 Å². The smallest absolute Gasteiger partial charge is 0.123 e. The van der Waals surface area contributed by atoms with Crippen LogP contribution in [-0.2, 0) is 6.42 Å². The molecular formula is C19H24ClF. The predicted molar refractivity (Wildman–Crippen MR) is 85.0 cm³/mol. The highest BCUT2D eigenvalue weighted by molar-refractivity contribution is 6.20. The molecule has 0 aliphatic heterocycles. The first-order valence-electron chi connectivity index (χ1n) is 8.49. The van der Waals surface area contributed by atoms with E-state index in [-0.39, 0.29) is 11.2 Å². The highest BCUT2D eigenvalue weighted by atomic mass is 35.5. The maximum absolute atomic E-state index is 13.0. The molecule has 4 saturated carbocycles. The molecule has 0 saturated heterocycles. The van der Waals surface area contributed by atoms with Gasteiger partial charge in [-0.3, -0.25) is 0 Å². The van der Waals surface area contributed by atoms with Crippen molar-refractivity contribution in [2.75, 3.05) is 0 Å². The van der Waals surface area contributed by atoms with Gasteiger partial charge in [0.05, 0.1) is 0 Å². The van der Waals surface area contributed by atoms with Gasteiger partial charge in [0.1, 0.15) is 5.82 Å². The van der Waals surface area contributed by atoms with Gasteiger partial charge < -0.3 is 0 Å². The van der Waals surface area contributed by atoms with Crippen molar-refractivity contribution in [2.45, 2.75) is 56.7 Å². The second-order valence-electron chi connectivity index (χ2n) is 8.05. The Hall–Kier alpha value is -0.560. The molecule has 0 spiro atoms. The van der Waals surface area contributed by atoms with E-state index in [1.807, 2.05) is 12.1 Å². The number of hydrogen-bond acceptors (Lipinski definition) is 0. The van der Waals surface area contributed by atoms with Gasteiger partial charge in [0, 0.05) is 5.38 Å². The second-order valence-corrected chi connectivity index (χ2v) is 8.67. The summed E-state index contributed by atoms with van der Waals surface area (Å²) in [5.74, 6) is 2.81. The zero-order valence-corrected chi connectivity index (χ0v) is 13.3. The molecule has 5 rings (SSSR count). The molecular weight excluding hydrogens is 283 g/mol. The zero-order chi connectivity index (χ0) is 14.4. The highest BCUT2D eigenvalue weighted by Crippen LogP contribution is 2.61. The second kappa shape index (κ2) is 5.26. The molecule has 0 amide bonds. The molecule has 1 unspecified atom stereocenters. The van der Waals surface area contributed by atoms with Crippen molar-refractivity contribution in [3.05, 3.63) is 35.6 Å². The largest absolute Gasteiger partial charge is 0.207 e. The summed E-state index contributed by atoms with van der Waals surface area (Å²) >= 11 is 6.70. The Kier molecular flexibility index (Phi) is 3.52. The molecule has 1 aromatic carbocycles. The van der Waals surface area contributed by atoms with Crippen molar-refractivity contribution in [1.82, 2.24) is 0 Å². The lowest BCUT2D eigenvalue weighted by Crippen LogP contribution is -2.47. The van der Waals surface area contributed by atoms with Crippen LogP contribution in [0.3, 0.4) is 0 Å². The van der Waals surface area contributed by atoms with Gasteiger partial charge in [0.2, 0.25) is 0 Å². The Morgan fingerprint density at radius 3 is 2.05 bits per heavy atom. The molecule has 0 heterocycles. The minimum Gasteiger partial charge on any atom is -0.207 e. The summed E-state index contributed by atoms with van der Waals surface area (Å²) in [6.07, 6.45) is 10.8. The Morgan fingerprint density at radius 2 is 1.52 bits per heavy atom. The summed E-state index contributed by atoms with van der Waals surface area (Å²) in [6, 6.07) is 6.85. The van der Waals surface area contributed by atoms with Crippen LogP contribution < -0.4 is 0 Å². The highest BCUT2D eigenvalue weighted by Gasteiger charge is 2.51. The third-order valence-corrected chi connectivity index (χ3v) is 6.50. The lowest BCUT2D eigenvalue weighted by Gasteiger charge is -2.57. The summed E-state index contributed by atoms with van der Waals surface area (Å²) in [5.41, 5.74) is 1.71. The Morgan fingerprint density at radius 1 is 1.00 bits per heavy atom. The van der Waals surface area contributed by atoms with Crippen LogP contribution in [0.1, 0.15) is 50.5 Å². The van der Waals surface area contributed by atoms with Gasteiger partial charge in [-0.2, -0.15) is 0 Å². The third kappa shape index (κ3) is 2.86. The molecule has 4 aliphatic rings. The van der Waals surface area contributed by atoms with Crippen molar-refractivity contribution < 1.29 is 4.39 Å². The molecule has 4 fully saturated rings. The molecule has 114 valence electrons. The summed E-state index contributed by atoms with van der Waals surface area (Å²) in [7, 11) is 0. The monoisotopic (exact) mass is 306 g/mol. The number of hydrogen-bond donors (Lipinski definition) is 0. The van der Waals surface area contributed by atoms with Crippen LogP contribution in [0.5, 0.6) is 0 Å². The molecule has 4 bridgehead atoms. The van der Waals surface area contributed by atoms with E-state index in [0.717, 1.165) is 30.6 Å². The Bertz CT molecular complexity index is 472. The molecule has 4 aliphatic carbocycles. The van der Waals surface area contributed by atoms with Crippen molar-refractivity contribution in [3.63, 3.8) is 0 Å². The fourth-order valence-corrected chi connectivity index (χ4v) is 6.46. The molecule has 0 N–H and O–H groups in total. The third-order valence-electron chi connectivity index (χ3n) is 6.19. The van der Waals surface area contributed by atoms with Crippen LogP contribution >= 0.6 is 11.6 Å². The molecule has 1 atom stereocenters. The van der Waals surface area contributed by atoms with Crippen molar-refractivity contribution in [1.29, 1.82) is 0 Å². The number of alkyl halides is 1. The van der Waals surface area contributed by atoms with E-state index >= 15 is 0 Å². The van der Waals surface area contributed by atoms with Gasteiger partial charge in [-0.25, -0.2) is 4.39 Å². The Balaban J connectivity index is 1.42. The minimum atomic E-state index is -0.161. The van der Waals surface area contributed by atoms with Gasteiger partial charge in [-0.05, 0) is 92.2 Å². The topological polar surface area (TPSA) is 0 Å². The van der Waals surface area contributed by atoms with Gasteiger partial charge >= 0.3 is 0 Å². The predicted octanol–water partition coefficient (Wildman–Crippen LogP) is 5.58. The fraction of sp³-hybridized carbons (Fsp3) is 0.684. The summed E-state index contributed by atoms with van der Waals surface area (Å²) in [4.78, 5) is 0. The molecule has 1 aromatic rings. The van der Waals surface area contributed by atoms with E-state index in [1.165, 1.54) is 44.1 Å². The first kappa shape index (κ1) is 14.1. The summed E-state index contributed by atoms with van der Waals surface area (Å²) in [6.45, 7) is 0. The SMILES string of the molecule is Fc1ccc(CC(Cl)CC23CC4CC(CC(C4)C2)C3)cc1. The van der Waals surface area contributed by atoms with E-state index in [1.54, 1.807) is 12.1 Å². The van der Waals surface area contributed by atoms with E-state index < -0.39 is 0 Å². The van der Waals surface area contributed by atoms with Crippen LogP contribution in [0.2, 0.25) is 0 Å². The summed E-state index contributed by atoms with van der Waals surface area (Å²) < 4.78 is 13.0. The van der Waals surface area contributed by atoms with Gasteiger partial charge in [0.25, 0.3) is 0 Å². The maximum atomic E-state index is 13.0.